The van der Waals surface area contributed by atoms with Crippen molar-refractivity contribution >= 4 is 17.0 Å². The summed E-state index contributed by atoms with van der Waals surface area (Å²) in [6.07, 6.45) is 5.35. The number of hydrogen-bond acceptors (Lipinski definition) is 3. The van der Waals surface area contributed by atoms with E-state index in [2.05, 4.69) is 4.98 Å². The fourth-order valence-corrected chi connectivity index (χ4v) is 2.51. The van der Waals surface area contributed by atoms with Crippen LogP contribution in [-0.4, -0.2) is 16.5 Å². The minimum Gasteiger partial charge on any atom is -0.493 e. The number of fused-ring (bicyclic) bond motifs is 3. The van der Waals surface area contributed by atoms with Crippen molar-refractivity contribution in [1.82, 2.24) is 4.98 Å². The van der Waals surface area contributed by atoms with Gasteiger partial charge in [-0.15, -0.1) is 0 Å². The molecule has 19 heavy (non-hydrogen) atoms. The third kappa shape index (κ3) is 1.97. The molecule has 0 atom stereocenters. The Morgan fingerprint density at radius 3 is 3.16 bits per heavy atom. The zero-order chi connectivity index (χ0) is 13.4. The molecule has 0 fully saturated rings. The molecule has 5 heteroatoms. The number of H-pyrrole nitrogens is 1. The molecule has 1 N–H and O–H groups in total. The van der Waals surface area contributed by atoms with E-state index in [9.17, 15) is 10.1 Å². The van der Waals surface area contributed by atoms with E-state index in [0.29, 0.717) is 0 Å². The molecule has 1 aliphatic rings. The number of rotatable bonds is 2. The minimum absolute atomic E-state index is 0.134. The van der Waals surface area contributed by atoms with Crippen LogP contribution in [0.2, 0.25) is 0 Å². The number of aryl methyl sites for hydroxylation is 1. The largest absolute Gasteiger partial charge is 0.493 e. The zero-order valence-corrected chi connectivity index (χ0v) is 10.6. The molecule has 0 saturated carbocycles. The topological polar surface area (TPSA) is 68.2 Å². The van der Waals surface area contributed by atoms with Gasteiger partial charge in [0.1, 0.15) is 5.75 Å². The van der Waals surface area contributed by atoms with Gasteiger partial charge in [-0.1, -0.05) is 0 Å². The Morgan fingerprint density at radius 2 is 2.37 bits per heavy atom. The van der Waals surface area contributed by atoms with Crippen LogP contribution in [0.5, 0.6) is 5.75 Å². The lowest BCUT2D eigenvalue weighted by Crippen LogP contribution is -2.08. The molecule has 0 aliphatic carbocycles. The fourth-order valence-electron chi connectivity index (χ4n) is 2.51. The molecule has 0 saturated heterocycles. The van der Waals surface area contributed by atoms with Crippen LogP contribution >= 0.6 is 0 Å². The number of benzene rings is 1. The molecular weight excluding hydrogens is 244 g/mol. The molecular formula is C14H14N2O3. The van der Waals surface area contributed by atoms with E-state index < -0.39 is 0 Å². The normalized spacial score (nSPS) is 15.1. The Kier molecular flexibility index (Phi) is 2.74. The Bertz CT molecular complexity index is 685. The van der Waals surface area contributed by atoms with Gasteiger partial charge in [-0.2, -0.15) is 0 Å². The van der Waals surface area contributed by atoms with E-state index in [0.717, 1.165) is 47.2 Å². The zero-order valence-electron chi connectivity index (χ0n) is 10.6. The van der Waals surface area contributed by atoms with Crippen molar-refractivity contribution in [3.63, 3.8) is 0 Å². The highest BCUT2D eigenvalue weighted by Crippen LogP contribution is 2.34. The molecule has 98 valence electrons. The Morgan fingerprint density at radius 1 is 1.53 bits per heavy atom. The van der Waals surface area contributed by atoms with E-state index in [1.54, 1.807) is 6.08 Å². The van der Waals surface area contributed by atoms with Gasteiger partial charge < -0.3 is 9.72 Å². The SMILES string of the molecule is C/C(=C\c1c[nH]c2ccc3c(c12)CCCO3)[N+](=O)[O-]. The van der Waals surface area contributed by atoms with Gasteiger partial charge in [0.05, 0.1) is 11.5 Å². The van der Waals surface area contributed by atoms with Crippen LogP contribution in [0.1, 0.15) is 24.5 Å². The second-order valence-electron chi connectivity index (χ2n) is 4.70. The van der Waals surface area contributed by atoms with Gasteiger partial charge in [-0.25, -0.2) is 0 Å². The molecule has 1 aromatic heterocycles. The van der Waals surface area contributed by atoms with E-state index in [-0.39, 0.29) is 10.6 Å². The standard InChI is InChI=1S/C14H14N2O3/c1-9(16(17)18)7-10-8-15-12-4-5-13-11(14(10)12)3-2-6-19-13/h4-5,7-8,15H,2-3,6H2,1H3/b9-7+. The van der Waals surface area contributed by atoms with Crippen LogP contribution < -0.4 is 4.74 Å². The summed E-state index contributed by atoms with van der Waals surface area (Å²) in [5.41, 5.74) is 3.13. The lowest BCUT2D eigenvalue weighted by molar-refractivity contribution is -0.422. The van der Waals surface area contributed by atoms with Gasteiger partial charge in [-0.05, 0) is 25.0 Å². The third-order valence-corrected chi connectivity index (χ3v) is 3.42. The Labute approximate surface area is 110 Å². The number of nitrogens with one attached hydrogen (secondary N) is 1. The van der Waals surface area contributed by atoms with Crippen molar-refractivity contribution < 1.29 is 9.66 Å². The van der Waals surface area contributed by atoms with E-state index in [4.69, 9.17) is 4.74 Å². The average molecular weight is 258 g/mol. The monoisotopic (exact) mass is 258 g/mol. The first-order valence-corrected chi connectivity index (χ1v) is 6.25. The molecule has 0 bridgehead atoms. The molecule has 3 rings (SSSR count). The molecule has 0 amide bonds. The van der Waals surface area contributed by atoms with Crippen molar-refractivity contribution in [2.24, 2.45) is 0 Å². The molecule has 0 radical (unpaired) electrons. The minimum atomic E-state index is -0.370. The molecule has 1 aromatic carbocycles. The summed E-state index contributed by atoms with van der Waals surface area (Å²) in [7, 11) is 0. The number of ether oxygens (including phenoxy) is 1. The molecule has 0 spiro atoms. The molecule has 2 heterocycles. The van der Waals surface area contributed by atoms with Crippen LogP contribution in [-0.2, 0) is 6.42 Å². The highest BCUT2D eigenvalue weighted by atomic mass is 16.6. The maximum absolute atomic E-state index is 10.8. The van der Waals surface area contributed by atoms with Crippen LogP contribution in [0.4, 0.5) is 0 Å². The lowest BCUT2D eigenvalue weighted by atomic mass is 9.99. The fraction of sp³-hybridized carbons (Fsp3) is 0.286. The molecule has 1 aliphatic heterocycles. The summed E-state index contributed by atoms with van der Waals surface area (Å²) in [4.78, 5) is 13.5. The highest BCUT2D eigenvalue weighted by molar-refractivity contribution is 5.93. The number of aromatic nitrogens is 1. The number of hydrogen-bond donors (Lipinski definition) is 1. The van der Waals surface area contributed by atoms with Gasteiger partial charge in [0.15, 0.2) is 0 Å². The number of nitrogens with zero attached hydrogens (tertiary/aromatic N) is 1. The molecule has 5 nitrogen and oxygen atoms in total. The van der Waals surface area contributed by atoms with Crippen LogP contribution in [0.25, 0.3) is 17.0 Å². The third-order valence-electron chi connectivity index (χ3n) is 3.42. The molecule has 2 aromatic rings. The Balaban J connectivity index is 2.21. The van der Waals surface area contributed by atoms with Crippen LogP contribution in [0.15, 0.2) is 24.0 Å². The summed E-state index contributed by atoms with van der Waals surface area (Å²) < 4.78 is 5.64. The van der Waals surface area contributed by atoms with Crippen molar-refractivity contribution in [2.75, 3.05) is 6.61 Å². The van der Waals surface area contributed by atoms with E-state index in [1.165, 1.54) is 6.92 Å². The second-order valence-corrected chi connectivity index (χ2v) is 4.70. The summed E-state index contributed by atoms with van der Waals surface area (Å²) in [5, 5.41) is 11.8. The predicted octanol–water partition coefficient (Wildman–Crippen LogP) is 3.13. The van der Waals surface area contributed by atoms with Crippen LogP contribution in [0.3, 0.4) is 0 Å². The smallest absolute Gasteiger partial charge is 0.243 e. The summed E-state index contributed by atoms with van der Waals surface area (Å²) in [6, 6.07) is 3.92. The second kappa shape index (κ2) is 4.42. The number of allylic oxidation sites excluding steroid dienone is 1. The van der Waals surface area contributed by atoms with Crippen LogP contribution in [0, 0.1) is 10.1 Å². The van der Waals surface area contributed by atoms with Gasteiger partial charge in [-0.3, -0.25) is 10.1 Å². The highest BCUT2D eigenvalue weighted by Gasteiger charge is 2.17. The lowest BCUT2D eigenvalue weighted by Gasteiger charge is -2.18. The maximum atomic E-state index is 10.8. The van der Waals surface area contributed by atoms with Gasteiger partial charge in [0.25, 0.3) is 0 Å². The van der Waals surface area contributed by atoms with Gasteiger partial charge >= 0.3 is 0 Å². The van der Waals surface area contributed by atoms with Crippen molar-refractivity contribution in [3.8, 4) is 5.75 Å². The quantitative estimate of drug-likeness (QED) is 0.664. The maximum Gasteiger partial charge on any atom is 0.243 e. The first-order valence-electron chi connectivity index (χ1n) is 6.25. The Hall–Kier alpha value is -2.30. The van der Waals surface area contributed by atoms with Crippen molar-refractivity contribution in [2.45, 2.75) is 19.8 Å². The van der Waals surface area contributed by atoms with Crippen molar-refractivity contribution in [1.29, 1.82) is 0 Å². The van der Waals surface area contributed by atoms with Gasteiger partial charge in [0, 0.05) is 41.2 Å². The van der Waals surface area contributed by atoms with Crippen molar-refractivity contribution in [3.05, 3.63) is 45.3 Å². The summed E-state index contributed by atoms with van der Waals surface area (Å²) >= 11 is 0. The average Bonchev–Trinajstić information content (AvgIpc) is 2.82. The molecule has 0 unspecified atom stereocenters. The predicted molar refractivity (Wildman–Crippen MR) is 72.8 cm³/mol. The first kappa shape index (κ1) is 11.8. The number of nitro groups is 1. The number of aromatic amines is 1. The van der Waals surface area contributed by atoms with E-state index >= 15 is 0 Å². The summed E-state index contributed by atoms with van der Waals surface area (Å²) in [5.74, 6) is 0.895. The van der Waals surface area contributed by atoms with Gasteiger partial charge in [0.2, 0.25) is 5.70 Å². The first-order chi connectivity index (χ1) is 9.16. The van der Waals surface area contributed by atoms with E-state index in [1.807, 2.05) is 18.3 Å². The summed E-state index contributed by atoms with van der Waals surface area (Å²) in [6.45, 7) is 2.24.